The first kappa shape index (κ1) is 13.5. The second-order valence-corrected chi connectivity index (χ2v) is 4.79. The average Bonchev–Trinajstić information content (AvgIpc) is 2.45. The topological polar surface area (TPSA) is 30.5 Å². The summed E-state index contributed by atoms with van der Waals surface area (Å²) in [4.78, 5) is 0. The fourth-order valence-corrected chi connectivity index (χ4v) is 2.14. The van der Waals surface area contributed by atoms with Crippen LogP contribution < -0.4 is 5.32 Å². The molecule has 3 nitrogen and oxygen atoms in total. The maximum atomic E-state index is 5.69. The lowest BCUT2D eigenvalue weighted by atomic mass is 10.0. The Morgan fingerprint density at radius 1 is 1.17 bits per heavy atom. The molecule has 100 valence electrons. The van der Waals surface area contributed by atoms with Gasteiger partial charge in [-0.25, -0.2) is 0 Å². The minimum atomic E-state index is 0.702. The number of nitrogens with one attached hydrogen (secondary N) is 1. The molecular weight excluding hydrogens is 226 g/mol. The predicted molar refractivity (Wildman–Crippen MR) is 72.5 cm³/mol. The van der Waals surface area contributed by atoms with Crippen molar-refractivity contribution in [2.45, 2.75) is 19.4 Å². The Morgan fingerprint density at radius 3 is 2.72 bits per heavy atom. The normalized spacial score (nSPS) is 16.9. The third kappa shape index (κ3) is 5.17. The first-order valence-electron chi connectivity index (χ1n) is 6.85. The van der Waals surface area contributed by atoms with Crippen molar-refractivity contribution in [3.63, 3.8) is 0 Å². The molecule has 1 aliphatic rings. The molecule has 3 heteroatoms. The van der Waals surface area contributed by atoms with E-state index in [4.69, 9.17) is 9.47 Å². The van der Waals surface area contributed by atoms with E-state index in [1.54, 1.807) is 0 Å². The molecule has 0 aromatic heterocycles. The number of hydrogen-bond acceptors (Lipinski definition) is 3. The van der Waals surface area contributed by atoms with Crippen molar-refractivity contribution in [1.82, 2.24) is 5.32 Å². The molecule has 1 N–H and O–H groups in total. The maximum Gasteiger partial charge on any atom is 0.0591 e. The molecule has 1 aliphatic heterocycles. The number of ether oxygens (including phenoxy) is 2. The SMILES string of the molecule is c1ccc(CNCCOCC2CCOCC2)cc1. The Labute approximate surface area is 109 Å². The first-order valence-corrected chi connectivity index (χ1v) is 6.85. The van der Waals surface area contributed by atoms with Crippen LogP contribution in [0.15, 0.2) is 30.3 Å². The molecule has 1 saturated heterocycles. The highest BCUT2D eigenvalue weighted by Gasteiger charge is 2.13. The zero-order valence-corrected chi connectivity index (χ0v) is 10.9. The van der Waals surface area contributed by atoms with Gasteiger partial charge in [-0.05, 0) is 24.3 Å². The monoisotopic (exact) mass is 249 g/mol. The van der Waals surface area contributed by atoms with Gasteiger partial charge < -0.3 is 14.8 Å². The van der Waals surface area contributed by atoms with Gasteiger partial charge in [-0.15, -0.1) is 0 Å². The highest BCUT2D eigenvalue weighted by molar-refractivity contribution is 5.14. The van der Waals surface area contributed by atoms with Crippen molar-refractivity contribution in [3.05, 3.63) is 35.9 Å². The lowest BCUT2D eigenvalue weighted by Gasteiger charge is -2.21. The van der Waals surface area contributed by atoms with Crippen molar-refractivity contribution in [1.29, 1.82) is 0 Å². The van der Waals surface area contributed by atoms with Crippen LogP contribution >= 0.6 is 0 Å². The summed E-state index contributed by atoms with van der Waals surface area (Å²) in [6.45, 7) is 5.32. The summed E-state index contributed by atoms with van der Waals surface area (Å²) in [5.41, 5.74) is 1.32. The highest BCUT2D eigenvalue weighted by atomic mass is 16.5. The molecule has 0 unspecified atom stereocenters. The quantitative estimate of drug-likeness (QED) is 0.752. The van der Waals surface area contributed by atoms with Gasteiger partial charge in [-0.2, -0.15) is 0 Å². The van der Waals surface area contributed by atoms with Crippen molar-refractivity contribution < 1.29 is 9.47 Å². The van der Waals surface area contributed by atoms with E-state index in [0.29, 0.717) is 5.92 Å². The number of rotatable bonds is 7. The van der Waals surface area contributed by atoms with E-state index in [2.05, 4.69) is 29.6 Å². The molecular formula is C15H23NO2. The van der Waals surface area contributed by atoms with Gasteiger partial charge in [0.25, 0.3) is 0 Å². The molecule has 18 heavy (non-hydrogen) atoms. The summed E-state index contributed by atoms with van der Waals surface area (Å²) in [7, 11) is 0. The first-order chi connectivity index (χ1) is 8.95. The Bertz CT molecular complexity index is 310. The molecule has 0 saturated carbocycles. The van der Waals surface area contributed by atoms with Gasteiger partial charge in [0.05, 0.1) is 6.61 Å². The van der Waals surface area contributed by atoms with Gasteiger partial charge >= 0.3 is 0 Å². The average molecular weight is 249 g/mol. The molecule has 0 spiro atoms. The van der Waals surface area contributed by atoms with Crippen LogP contribution in [0.1, 0.15) is 18.4 Å². The second kappa shape index (κ2) is 8.25. The Kier molecular flexibility index (Phi) is 6.20. The summed E-state index contributed by atoms with van der Waals surface area (Å²) in [6, 6.07) is 10.4. The zero-order valence-electron chi connectivity index (χ0n) is 10.9. The Morgan fingerprint density at radius 2 is 1.94 bits per heavy atom. The molecule has 1 aromatic carbocycles. The van der Waals surface area contributed by atoms with E-state index >= 15 is 0 Å². The van der Waals surface area contributed by atoms with Crippen molar-refractivity contribution in [3.8, 4) is 0 Å². The summed E-state index contributed by atoms with van der Waals surface area (Å²) in [5.74, 6) is 0.702. The van der Waals surface area contributed by atoms with Crippen LogP contribution in [0, 0.1) is 5.92 Å². The smallest absolute Gasteiger partial charge is 0.0591 e. The molecule has 0 amide bonds. The van der Waals surface area contributed by atoms with E-state index < -0.39 is 0 Å². The lowest BCUT2D eigenvalue weighted by molar-refractivity contribution is 0.0214. The van der Waals surface area contributed by atoms with Gasteiger partial charge in [0.1, 0.15) is 0 Å². The molecule has 0 bridgehead atoms. The summed E-state index contributed by atoms with van der Waals surface area (Å²) >= 11 is 0. The second-order valence-electron chi connectivity index (χ2n) is 4.79. The third-order valence-electron chi connectivity index (χ3n) is 3.29. The summed E-state index contributed by atoms with van der Waals surface area (Å²) in [6.07, 6.45) is 2.30. The van der Waals surface area contributed by atoms with Crippen LogP contribution in [0.25, 0.3) is 0 Å². The van der Waals surface area contributed by atoms with E-state index in [-0.39, 0.29) is 0 Å². The van der Waals surface area contributed by atoms with E-state index in [1.165, 1.54) is 5.56 Å². The Hall–Kier alpha value is -0.900. The van der Waals surface area contributed by atoms with Gasteiger partial charge in [0.15, 0.2) is 0 Å². The van der Waals surface area contributed by atoms with Gasteiger partial charge in [0.2, 0.25) is 0 Å². The molecule has 1 heterocycles. The van der Waals surface area contributed by atoms with Crippen molar-refractivity contribution in [2.75, 3.05) is 33.0 Å². The van der Waals surface area contributed by atoms with Gasteiger partial charge in [-0.3, -0.25) is 0 Å². The Balaban J connectivity index is 1.46. The van der Waals surface area contributed by atoms with Crippen LogP contribution in [0.3, 0.4) is 0 Å². The molecule has 0 aliphatic carbocycles. The fourth-order valence-electron chi connectivity index (χ4n) is 2.14. The zero-order chi connectivity index (χ0) is 12.5. The fraction of sp³-hybridized carbons (Fsp3) is 0.600. The molecule has 0 atom stereocenters. The summed E-state index contributed by atoms with van der Waals surface area (Å²) in [5, 5.41) is 3.39. The van der Waals surface area contributed by atoms with Crippen LogP contribution in [0.4, 0.5) is 0 Å². The van der Waals surface area contributed by atoms with Crippen molar-refractivity contribution >= 4 is 0 Å². The molecule has 1 aromatic rings. The largest absolute Gasteiger partial charge is 0.381 e. The van der Waals surface area contributed by atoms with Crippen LogP contribution in [0.2, 0.25) is 0 Å². The van der Waals surface area contributed by atoms with E-state index in [1.807, 2.05) is 6.07 Å². The van der Waals surface area contributed by atoms with Crippen molar-refractivity contribution in [2.24, 2.45) is 5.92 Å². The lowest BCUT2D eigenvalue weighted by Crippen LogP contribution is -2.23. The highest BCUT2D eigenvalue weighted by Crippen LogP contribution is 2.14. The van der Waals surface area contributed by atoms with Crippen LogP contribution in [-0.4, -0.2) is 33.0 Å². The summed E-state index contributed by atoms with van der Waals surface area (Å²) < 4.78 is 11.0. The number of benzene rings is 1. The van der Waals surface area contributed by atoms with Gasteiger partial charge in [0, 0.05) is 32.9 Å². The molecule has 2 rings (SSSR count). The van der Waals surface area contributed by atoms with Gasteiger partial charge in [-0.1, -0.05) is 30.3 Å². The van der Waals surface area contributed by atoms with Crippen LogP contribution in [-0.2, 0) is 16.0 Å². The predicted octanol–water partition coefficient (Wildman–Crippen LogP) is 2.22. The van der Waals surface area contributed by atoms with Crippen LogP contribution in [0.5, 0.6) is 0 Å². The maximum absolute atomic E-state index is 5.69. The molecule has 0 radical (unpaired) electrons. The third-order valence-corrected chi connectivity index (χ3v) is 3.29. The minimum absolute atomic E-state index is 0.702. The van der Waals surface area contributed by atoms with E-state index in [0.717, 1.165) is 52.4 Å². The standard InChI is InChI=1S/C15H23NO2/c1-2-4-14(5-3-1)12-16-8-11-18-13-15-6-9-17-10-7-15/h1-5,15-16H,6-13H2. The molecule has 1 fully saturated rings. The number of hydrogen-bond donors (Lipinski definition) is 1. The minimum Gasteiger partial charge on any atom is -0.381 e. The van der Waals surface area contributed by atoms with E-state index in [9.17, 15) is 0 Å².